The second-order valence-corrected chi connectivity index (χ2v) is 5.93. The molecule has 1 saturated carbocycles. The zero-order valence-corrected chi connectivity index (χ0v) is 12.3. The second kappa shape index (κ2) is 5.37. The molecule has 0 atom stereocenters. The monoisotopic (exact) mass is 287 g/mol. The summed E-state index contributed by atoms with van der Waals surface area (Å²) in [6.07, 6.45) is 2.56. The third-order valence-corrected chi connectivity index (χ3v) is 4.76. The van der Waals surface area contributed by atoms with E-state index in [1.54, 1.807) is 11.3 Å². The molecule has 0 amide bonds. The maximum Gasteiger partial charge on any atom is 0.311 e. The minimum absolute atomic E-state index is 0.0961. The van der Waals surface area contributed by atoms with Gasteiger partial charge in [-0.15, -0.1) is 11.3 Å². The van der Waals surface area contributed by atoms with E-state index in [1.165, 1.54) is 5.56 Å². The Morgan fingerprint density at radius 1 is 1.35 bits per heavy atom. The number of benzene rings is 1. The van der Waals surface area contributed by atoms with Crippen molar-refractivity contribution in [1.82, 2.24) is 4.98 Å². The third kappa shape index (κ3) is 2.48. The molecule has 1 fully saturated rings. The van der Waals surface area contributed by atoms with Crippen LogP contribution < -0.4 is 0 Å². The fourth-order valence-electron chi connectivity index (χ4n) is 2.48. The van der Waals surface area contributed by atoms with Crippen molar-refractivity contribution in [2.75, 3.05) is 6.61 Å². The number of ether oxygens (including phenoxy) is 1. The molecule has 4 heteroatoms. The third-order valence-electron chi connectivity index (χ3n) is 3.67. The quantitative estimate of drug-likeness (QED) is 0.792. The Hall–Kier alpha value is -1.68. The molecular weight excluding hydrogens is 270 g/mol. The van der Waals surface area contributed by atoms with Gasteiger partial charge in [-0.05, 0) is 25.3 Å². The Bertz CT molecular complexity index is 602. The second-order valence-electron chi connectivity index (χ2n) is 5.07. The zero-order valence-electron chi connectivity index (χ0n) is 11.5. The lowest BCUT2D eigenvalue weighted by Crippen LogP contribution is -2.10. The number of thiazole rings is 1. The van der Waals surface area contributed by atoms with Crippen molar-refractivity contribution in [2.24, 2.45) is 0 Å². The minimum Gasteiger partial charge on any atom is -0.466 e. The first-order valence-electron chi connectivity index (χ1n) is 6.90. The molecule has 0 saturated heterocycles. The molecule has 0 spiro atoms. The van der Waals surface area contributed by atoms with Gasteiger partial charge in [-0.3, -0.25) is 4.79 Å². The van der Waals surface area contributed by atoms with Crippen LogP contribution in [0.1, 0.15) is 36.0 Å². The van der Waals surface area contributed by atoms with Crippen LogP contribution in [0.2, 0.25) is 0 Å². The van der Waals surface area contributed by atoms with E-state index in [4.69, 9.17) is 4.74 Å². The molecular formula is C16H17NO2S. The summed E-state index contributed by atoms with van der Waals surface area (Å²) >= 11 is 1.66. The average Bonchev–Trinajstić information content (AvgIpc) is 3.15. The van der Waals surface area contributed by atoms with E-state index in [2.05, 4.69) is 29.2 Å². The van der Waals surface area contributed by atoms with Crippen molar-refractivity contribution in [3.63, 3.8) is 0 Å². The van der Waals surface area contributed by atoms with Gasteiger partial charge in [0.2, 0.25) is 0 Å². The molecule has 0 unspecified atom stereocenters. The summed E-state index contributed by atoms with van der Waals surface area (Å²) in [6.45, 7) is 2.24. The Kier molecular flexibility index (Phi) is 3.57. The van der Waals surface area contributed by atoms with Gasteiger partial charge >= 0.3 is 5.97 Å². The van der Waals surface area contributed by atoms with Gasteiger partial charge in [-0.2, -0.15) is 0 Å². The van der Waals surface area contributed by atoms with E-state index >= 15 is 0 Å². The van der Waals surface area contributed by atoms with Gasteiger partial charge in [-0.1, -0.05) is 30.3 Å². The highest BCUT2D eigenvalue weighted by Gasteiger charge is 2.48. The summed E-state index contributed by atoms with van der Waals surface area (Å²) in [4.78, 5) is 16.2. The van der Waals surface area contributed by atoms with E-state index in [0.717, 1.165) is 23.5 Å². The maximum absolute atomic E-state index is 11.5. The van der Waals surface area contributed by atoms with Gasteiger partial charge < -0.3 is 4.74 Å². The van der Waals surface area contributed by atoms with Crippen molar-refractivity contribution in [1.29, 1.82) is 0 Å². The fourth-order valence-corrected chi connectivity index (χ4v) is 3.58. The number of carbonyl (C=O) groups is 1. The summed E-state index contributed by atoms with van der Waals surface area (Å²) < 4.78 is 4.97. The molecule has 0 bridgehead atoms. The molecule has 0 N–H and O–H groups in total. The van der Waals surface area contributed by atoms with Gasteiger partial charge in [-0.25, -0.2) is 4.98 Å². The van der Waals surface area contributed by atoms with Crippen LogP contribution in [0.15, 0.2) is 35.7 Å². The Morgan fingerprint density at radius 3 is 2.75 bits per heavy atom. The van der Waals surface area contributed by atoms with Gasteiger partial charge in [0.15, 0.2) is 0 Å². The number of aromatic nitrogens is 1. The van der Waals surface area contributed by atoms with Gasteiger partial charge in [0, 0.05) is 10.8 Å². The maximum atomic E-state index is 11.5. The van der Waals surface area contributed by atoms with Crippen molar-refractivity contribution in [2.45, 2.75) is 31.6 Å². The van der Waals surface area contributed by atoms with Crippen molar-refractivity contribution in [3.05, 3.63) is 52.0 Å². The number of nitrogens with zero attached hydrogens (tertiary/aromatic N) is 1. The van der Waals surface area contributed by atoms with E-state index in [9.17, 15) is 4.79 Å². The van der Waals surface area contributed by atoms with Crippen molar-refractivity contribution in [3.8, 4) is 0 Å². The Morgan fingerprint density at radius 2 is 2.10 bits per heavy atom. The first-order chi connectivity index (χ1) is 9.74. The van der Waals surface area contributed by atoms with Crippen LogP contribution in [0, 0.1) is 0 Å². The average molecular weight is 287 g/mol. The lowest BCUT2D eigenvalue weighted by atomic mass is 9.97. The molecule has 1 heterocycles. The first-order valence-corrected chi connectivity index (χ1v) is 7.78. The van der Waals surface area contributed by atoms with Gasteiger partial charge in [0.05, 0.1) is 18.7 Å². The molecule has 2 aromatic rings. The summed E-state index contributed by atoms with van der Waals surface area (Å²) in [5, 5.41) is 3.11. The Balaban J connectivity index is 1.79. The minimum atomic E-state index is -0.200. The van der Waals surface area contributed by atoms with Crippen LogP contribution in [0.5, 0.6) is 0 Å². The molecule has 1 aliphatic carbocycles. The largest absolute Gasteiger partial charge is 0.466 e. The fraction of sp³-hybridized carbons (Fsp3) is 0.375. The number of hydrogen-bond donors (Lipinski definition) is 0. The lowest BCUT2D eigenvalue weighted by Gasteiger charge is -2.12. The lowest BCUT2D eigenvalue weighted by molar-refractivity contribution is -0.142. The normalized spacial score (nSPS) is 15.8. The van der Waals surface area contributed by atoms with Crippen LogP contribution in [0.4, 0.5) is 0 Å². The predicted octanol–water partition coefficient (Wildman–Crippen LogP) is 3.33. The van der Waals surface area contributed by atoms with Crippen molar-refractivity contribution < 1.29 is 9.53 Å². The van der Waals surface area contributed by atoms with Crippen LogP contribution in [-0.4, -0.2) is 17.6 Å². The molecule has 1 aliphatic rings. The highest BCUT2D eigenvalue weighted by Crippen LogP contribution is 2.54. The molecule has 3 nitrogen and oxygen atoms in total. The van der Waals surface area contributed by atoms with Crippen molar-refractivity contribution >= 4 is 17.3 Å². The number of carbonyl (C=O) groups excluding carboxylic acids is 1. The Labute approximate surface area is 122 Å². The summed E-state index contributed by atoms with van der Waals surface area (Å²) in [5.74, 6) is -0.200. The predicted molar refractivity (Wildman–Crippen MR) is 78.9 cm³/mol. The number of hydrogen-bond acceptors (Lipinski definition) is 4. The van der Waals surface area contributed by atoms with Gasteiger partial charge in [0.25, 0.3) is 0 Å². The number of esters is 1. The summed E-state index contributed by atoms with van der Waals surface area (Å²) in [6, 6.07) is 10.5. The highest BCUT2D eigenvalue weighted by molar-refractivity contribution is 7.09. The molecule has 0 aliphatic heterocycles. The topological polar surface area (TPSA) is 39.2 Å². The highest BCUT2D eigenvalue weighted by atomic mass is 32.1. The zero-order chi connectivity index (χ0) is 14.0. The van der Waals surface area contributed by atoms with E-state index in [0.29, 0.717) is 6.61 Å². The smallest absolute Gasteiger partial charge is 0.311 e. The van der Waals surface area contributed by atoms with Crippen LogP contribution in [0.25, 0.3) is 0 Å². The molecule has 20 heavy (non-hydrogen) atoms. The molecule has 1 aromatic carbocycles. The van der Waals surface area contributed by atoms with Crippen LogP contribution in [0.3, 0.4) is 0 Å². The van der Waals surface area contributed by atoms with Gasteiger partial charge in [0.1, 0.15) is 5.01 Å². The van der Waals surface area contributed by atoms with E-state index in [-0.39, 0.29) is 17.8 Å². The van der Waals surface area contributed by atoms with E-state index in [1.807, 2.05) is 18.4 Å². The van der Waals surface area contributed by atoms with Crippen LogP contribution in [-0.2, 0) is 21.4 Å². The first kappa shape index (κ1) is 13.3. The SMILES string of the molecule is CCOC(=O)Cc1csc(C2(c3ccccc3)CC2)n1. The van der Waals surface area contributed by atoms with Crippen LogP contribution >= 0.6 is 11.3 Å². The standard InChI is InChI=1S/C16H17NO2S/c1-2-19-14(18)10-13-11-20-15(17-13)16(8-9-16)12-6-4-3-5-7-12/h3-7,11H,2,8-10H2,1H3. The summed E-state index contributed by atoms with van der Waals surface area (Å²) in [5.41, 5.74) is 2.25. The molecule has 104 valence electrons. The van der Waals surface area contributed by atoms with E-state index < -0.39 is 0 Å². The number of rotatable bonds is 5. The summed E-state index contributed by atoms with van der Waals surface area (Å²) in [7, 11) is 0. The molecule has 3 rings (SSSR count). The molecule has 0 radical (unpaired) electrons. The molecule has 1 aromatic heterocycles.